The molecule has 0 spiro atoms. The summed E-state index contributed by atoms with van der Waals surface area (Å²) < 4.78 is 11.7. The van der Waals surface area contributed by atoms with Crippen LogP contribution in [0.3, 0.4) is 0 Å². The van der Waals surface area contributed by atoms with Gasteiger partial charge in [-0.3, -0.25) is 4.79 Å². The van der Waals surface area contributed by atoms with E-state index in [4.69, 9.17) is 9.47 Å². The second-order valence-corrected chi connectivity index (χ2v) is 7.76. The zero-order chi connectivity index (χ0) is 18.8. The van der Waals surface area contributed by atoms with Crippen molar-refractivity contribution in [3.63, 3.8) is 0 Å². The molecule has 3 nitrogen and oxygen atoms in total. The third-order valence-corrected chi connectivity index (χ3v) is 4.85. The summed E-state index contributed by atoms with van der Waals surface area (Å²) in [5, 5.41) is 0. The van der Waals surface area contributed by atoms with Crippen molar-refractivity contribution in [2.75, 3.05) is 6.61 Å². The summed E-state index contributed by atoms with van der Waals surface area (Å²) >= 11 is 0. The lowest BCUT2D eigenvalue weighted by atomic mass is 10.0. The lowest BCUT2D eigenvalue weighted by Gasteiger charge is -2.11. The summed E-state index contributed by atoms with van der Waals surface area (Å²) in [6.07, 6.45) is 9.13. The van der Waals surface area contributed by atoms with Gasteiger partial charge < -0.3 is 9.47 Å². The highest BCUT2D eigenvalue weighted by atomic mass is 16.7. The Hall–Kier alpha value is -1.45. The minimum atomic E-state index is -0.119. The summed E-state index contributed by atoms with van der Waals surface area (Å²) in [5.41, 5.74) is 2.25. The van der Waals surface area contributed by atoms with Gasteiger partial charge in [-0.15, -0.1) is 0 Å². The van der Waals surface area contributed by atoms with Crippen LogP contribution >= 0.6 is 0 Å². The quantitative estimate of drug-likeness (QED) is 0.362. The molecule has 0 aromatic heterocycles. The maximum atomic E-state index is 12.2. The number of ketones is 1. The third-order valence-electron chi connectivity index (χ3n) is 4.85. The molecule has 0 amide bonds. The van der Waals surface area contributed by atoms with Gasteiger partial charge >= 0.3 is 0 Å². The molecule has 2 rings (SSSR count). The molecule has 1 heterocycles. The van der Waals surface area contributed by atoms with Gasteiger partial charge in [0.05, 0.1) is 12.7 Å². The first-order chi connectivity index (χ1) is 12.5. The lowest BCUT2D eigenvalue weighted by Crippen LogP contribution is -2.14. The number of ether oxygens (including phenoxy) is 2. The smallest absolute Gasteiger partial charge is 0.162 e. The van der Waals surface area contributed by atoms with Gasteiger partial charge in [0.1, 0.15) is 0 Å². The Morgan fingerprint density at radius 2 is 1.96 bits per heavy atom. The Bertz CT molecular complexity index is 562. The lowest BCUT2D eigenvalue weighted by molar-refractivity contribution is -0.0620. The first-order valence-electron chi connectivity index (χ1n) is 10.1. The number of hydrogen-bond donors (Lipinski definition) is 0. The highest BCUT2D eigenvalue weighted by Crippen LogP contribution is 2.21. The van der Waals surface area contributed by atoms with Gasteiger partial charge in [-0.25, -0.2) is 0 Å². The summed E-state index contributed by atoms with van der Waals surface area (Å²) in [7, 11) is 0. The summed E-state index contributed by atoms with van der Waals surface area (Å²) in [4.78, 5) is 12.2. The number of Topliss-reactive ketones (excluding diaryl/α,β-unsaturated/α-hetero) is 1. The summed E-state index contributed by atoms with van der Waals surface area (Å²) in [5.74, 6) is 0.964. The van der Waals surface area contributed by atoms with Gasteiger partial charge in [-0.05, 0) is 38.5 Å². The molecule has 1 aliphatic heterocycles. The fourth-order valence-electron chi connectivity index (χ4n) is 3.23. The maximum absolute atomic E-state index is 12.2. The van der Waals surface area contributed by atoms with Crippen molar-refractivity contribution in [1.82, 2.24) is 0 Å². The van der Waals surface area contributed by atoms with Crippen LogP contribution in [0.1, 0.15) is 76.1 Å². The normalized spacial score (nSPS) is 20.7. The largest absolute Gasteiger partial charge is 0.350 e. The highest BCUT2D eigenvalue weighted by molar-refractivity contribution is 5.95. The van der Waals surface area contributed by atoms with Crippen molar-refractivity contribution in [2.45, 2.75) is 78.1 Å². The Labute approximate surface area is 158 Å². The maximum Gasteiger partial charge on any atom is 0.162 e. The van der Waals surface area contributed by atoms with Crippen LogP contribution in [0.4, 0.5) is 0 Å². The molecule has 2 atom stereocenters. The molecule has 2 unspecified atom stereocenters. The van der Waals surface area contributed by atoms with Gasteiger partial charge in [0.25, 0.3) is 0 Å². The Balaban J connectivity index is 1.60. The van der Waals surface area contributed by atoms with Crippen LogP contribution in [0.5, 0.6) is 0 Å². The molecule has 0 N–H and O–H groups in total. The van der Waals surface area contributed by atoms with E-state index in [1.165, 1.54) is 24.8 Å². The predicted octanol–water partition coefficient (Wildman–Crippen LogP) is 5.94. The SMILES string of the molecule is C/C(=C\CCC1OCC(CCC(=O)c2ccccc2)O1)CCCC(C)C. The van der Waals surface area contributed by atoms with Crippen LogP contribution in [0, 0.1) is 5.92 Å². The molecule has 1 aromatic rings. The number of carbonyl (C=O) groups is 1. The van der Waals surface area contributed by atoms with E-state index in [0.29, 0.717) is 13.0 Å². The van der Waals surface area contributed by atoms with Gasteiger partial charge in [0.15, 0.2) is 12.1 Å². The highest BCUT2D eigenvalue weighted by Gasteiger charge is 2.25. The van der Waals surface area contributed by atoms with Crippen molar-refractivity contribution >= 4 is 5.78 Å². The van der Waals surface area contributed by atoms with Crippen LogP contribution in [0.2, 0.25) is 0 Å². The summed E-state index contributed by atoms with van der Waals surface area (Å²) in [6, 6.07) is 9.46. The molecule has 3 heteroatoms. The Morgan fingerprint density at radius 3 is 2.69 bits per heavy atom. The zero-order valence-electron chi connectivity index (χ0n) is 16.6. The molecule has 0 radical (unpaired) electrons. The molecule has 1 fully saturated rings. The minimum Gasteiger partial charge on any atom is -0.350 e. The zero-order valence-corrected chi connectivity index (χ0v) is 16.6. The molecule has 1 saturated heterocycles. The van der Waals surface area contributed by atoms with E-state index in [9.17, 15) is 4.79 Å². The average molecular weight is 359 g/mol. The van der Waals surface area contributed by atoms with E-state index in [1.807, 2.05) is 30.3 Å². The Kier molecular flexibility index (Phi) is 9.07. The minimum absolute atomic E-state index is 0.0452. The van der Waals surface area contributed by atoms with Crippen molar-refractivity contribution in [2.24, 2.45) is 5.92 Å². The molecule has 1 aliphatic rings. The molecule has 144 valence electrons. The van der Waals surface area contributed by atoms with E-state index in [0.717, 1.165) is 30.7 Å². The van der Waals surface area contributed by atoms with Crippen molar-refractivity contribution in [3.05, 3.63) is 47.5 Å². The average Bonchev–Trinajstić information content (AvgIpc) is 3.08. The van der Waals surface area contributed by atoms with Gasteiger partial charge in [-0.1, -0.05) is 62.2 Å². The van der Waals surface area contributed by atoms with Gasteiger partial charge in [-0.2, -0.15) is 0 Å². The van der Waals surface area contributed by atoms with E-state index in [1.54, 1.807) is 0 Å². The van der Waals surface area contributed by atoms with Crippen LogP contribution in [0.25, 0.3) is 0 Å². The van der Waals surface area contributed by atoms with E-state index in [2.05, 4.69) is 26.8 Å². The van der Waals surface area contributed by atoms with E-state index < -0.39 is 0 Å². The number of rotatable bonds is 11. The fraction of sp³-hybridized carbons (Fsp3) is 0.609. The van der Waals surface area contributed by atoms with Crippen LogP contribution in [-0.2, 0) is 9.47 Å². The van der Waals surface area contributed by atoms with Crippen LogP contribution in [0.15, 0.2) is 42.0 Å². The van der Waals surface area contributed by atoms with Crippen molar-refractivity contribution in [1.29, 1.82) is 0 Å². The standard InChI is InChI=1S/C23H34O3/c1-18(2)9-7-10-19(3)11-8-14-23-25-17-21(26-23)15-16-22(24)20-12-5-4-6-13-20/h4-6,11-13,18,21,23H,7-10,14-17H2,1-3H3/b19-11+. The molecule has 0 saturated carbocycles. The third kappa shape index (κ3) is 7.84. The predicted molar refractivity (Wildman–Crippen MR) is 106 cm³/mol. The fourth-order valence-corrected chi connectivity index (χ4v) is 3.23. The van der Waals surface area contributed by atoms with Gasteiger partial charge in [0, 0.05) is 18.4 Å². The number of carbonyl (C=O) groups excluding carboxylic acids is 1. The molecule has 1 aromatic carbocycles. The van der Waals surface area contributed by atoms with Crippen LogP contribution in [-0.4, -0.2) is 24.8 Å². The number of allylic oxidation sites excluding steroid dienone is 2. The van der Waals surface area contributed by atoms with Crippen molar-refractivity contribution < 1.29 is 14.3 Å². The topological polar surface area (TPSA) is 35.5 Å². The van der Waals surface area contributed by atoms with Gasteiger partial charge in [0.2, 0.25) is 0 Å². The molecule has 0 bridgehead atoms. The first-order valence-corrected chi connectivity index (χ1v) is 10.1. The first kappa shape index (κ1) is 20.9. The van der Waals surface area contributed by atoms with E-state index >= 15 is 0 Å². The van der Waals surface area contributed by atoms with E-state index in [-0.39, 0.29) is 18.2 Å². The number of hydrogen-bond acceptors (Lipinski definition) is 3. The molecular weight excluding hydrogens is 324 g/mol. The monoisotopic (exact) mass is 358 g/mol. The molecule has 26 heavy (non-hydrogen) atoms. The van der Waals surface area contributed by atoms with Crippen molar-refractivity contribution in [3.8, 4) is 0 Å². The second kappa shape index (κ2) is 11.3. The summed E-state index contributed by atoms with van der Waals surface area (Å²) in [6.45, 7) is 7.37. The number of benzene rings is 1. The Morgan fingerprint density at radius 1 is 1.19 bits per heavy atom. The second-order valence-electron chi connectivity index (χ2n) is 7.76. The molecular formula is C23H34O3. The van der Waals surface area contributed by atoms with Crippen LogP contribution < -0.4 is 0 Å². The molecule has 0 aliphatic carbocycles.